The quantitative estimate of drug-likeness (QED) is 0.302. The van der Waals surface area contributed by atoms with Gasteiger partial charge in [-0.3, -0.25) is 9.89 Å². The maximum atomic E-state index is 12.9. The predicted octanol–water partition coefficient (Wildman–Crippen LogP) is 3.46. The Morgan fingerprint density at radius 3 is 2.23 bits per heavy atom. The average molecular weight is 465 g/mol. The first-order chi connectivity index (χ1) is 14.3. The molecule has 0 saturated heterocycles. The molecule has 1 amide bonds. The fourth-order valence-electron chi connectivity index (χ4n) is 2.44. The van der Waals surface area contributed by atoms with E-state index >= 15 is 0 Å². The number of carbonyl (C=O) groups is 1. The minimum Gasteiger partial charge on any atom is -0.335 e. The van der Waals surface area contributed by atoms with Gasteiger partial charge in [0.1, 0.15) is 5.69 Å². The Morgan fingerprint density at radius 1 is 1.10 bits per heavy atom. The third-order valence-electron chi connectivity index (χ3n) is 3.80. The van der Waals surface area contributed by atoms with Gasteiger partial charge in [-0.25, -0.2) is 4.68 Å². The molecule has 0 aliphatic carbocycles. The summed E-state index contributed by atoms with van der Waals surface area (Å²) in [5, 5.41) is 16.4. The molecule has 31 heavy (non-hydrogen) atoms. The van der Waals surface area contributed by atoms with Gasteiger partial charge in [0.15, 0.2) is 0 Å². The molecule has 2 heterocycles. The maximum absolute atomic E-state index is 12.9. The van der Waals surface area contributed by atoms with Crippen LogP contribution in [-0.2, 0) is 17.1 Å². The van der Waals surface area contributed by atoms with Crippen LogP contribution >= 0.6 is 11.8 Å². The number of carbonyl (C=O) groups excluding carboxylic acids is 1. The van der Waals surface area contributed by atoms with E-state index in [1.165, 1.54) is 0 Å². The Morgan fingerprint density at radius 2 is 1.71 bits per heavy atom. The summed E-state index contributed by atoms with van der Waals surface area (Å²) in [5.41, 5.74) is -2.58. The van der Waals surface area contributed by atoms with Crippen LogP contribution < -0.4 is 11.2 Å². The number of anilines is 1. The number of aromatic nitrogens is 5. The summed E-state index contributed by atoms with van der Waals surface area (Å²) in [6.45, 7) is 1.76. The zero-order valence-corrected chi connectivity index (χ0v) is 16.3. The smallest absolute Gasteiger partial charge is 0.335 e. The molecular formula is C16H13F6N7OS. The molecule has 0 bridgehead atoms. The fourth-order valence-corrected chi connectivity index (χ4v) is 3.09. The number of amides is 1. The number of halogens is 6. The number of nitrogens with one attached hydrogen (secondary N) is 2. The third-order valence-corrected chi connectivity index (χ3v) is 4.75. The topological polar surface area (TPSA) is 115 Å². The van der Waals surface area contributed by atoms with Gasteiger partial charge in [-0.05, 0) is 31.2 Å². The van der Waals surface area contributed by atoms with Crippen LogP contribution in [-0.4, -0.2) is 36.7 Å². The van der Waals surface area contributed by atoms with Crippen LogP contribution in [0.4, 0.5) is 32.0 Å². The van der Waals surface area contributed by atoms with Gasteiger partial charge in [0.2, 0.25) is 16.9 Å². The van der Waals surface area contributed by atoms with E-state index in [0.29, 0.717) is 17.8 Å². The first-order valence-corrected chi connectivity index (χ1v) is 9.28. The second-order valence-electron chi connectivity index (χ2n) is 6.24. The molecule has 0 aliphatic rings. The van der Waals surface area contributed by atoms with Crippen molar-refractivity contribution in [1.29, 1.82) is 0 Å². The van der Waals surface area contributed by atoms with Crippen molar-refractivity contribution in [3.63, 3.8) is 0 Å². The summed E-state index contributed by atoms with van der Waals surface area (Å²) in [7, 11) is 0. The number of alkyl halides is 6. The van der Waals surface area contributed by atoms with Crippen molar-refractivity contribution in [3.8, 4) is 11.5 Å². The summed E-state index contributed by atoms with van der Waals surface area (Å²) < 4.78 is 78.5. The van der Waals surface area contributed by atoms with Gasteiger partial charge in [0.25, 0.3) is 0 Å². The van der Waals surface area contributed by atoms with Crippen LogP contribution in [0, 0.1) is 6.92 Å². The van der Waals surface area contributed by atoms with Gasteiger partial charge in [0.05, 0.1) is 16.9 Å². The molecule has 166 valence electrons. The Balaban J connectivity index is 1.72. The molecule has 1 aromatic carbocycles. The number of aromatic amines is 1. The lowest BCUT2D eigenvalue weighted by Gasteiger charge is -2.14. The fraction of sp³-hybridized carbons (Fsp3) is 0.250. The number of H-pyrrole nitrogens is 1. The summed E-state index contributed by atoms with van der Waals surface area (Å²) in [6.07, 6.45) is -10.0. The van der Waals surface area contributed by atoms with Crippen molar-refractivity contribution in [1.82, 2.24) is 25.1 Å². The monoisotopic (exact) mass is 465 g/mol. The van der Waals surface area contributed by atoms with Crippen molar-refractivity contribution >= 4 is 23.4 Å². The number of nitrogens with zero attached hydrogens (tertiary/aromatic N) is 4. The highest BCUT2D eigenvalue weighted by Crippen LogP contribution is 2.37. The number of aryl methyl sites for hydroxylation is 1. The Hall–Kier alpha value is -3.23. The lowest BCUT2D eigenvalue weighted by Crippen LogP contribution is -2.18. The second kappa shape index (κ2) is 8.13. The lowest BCUT2D eigenvalue weighted by atomic mass is 10.1. The van der Waals surface area contributed by atoms with Crippen molar-refractivity contribution in [2.24, 2.45) is 0 Å². The van der Waals surface area contributed by atoms with E-state index < -0.39 is 40.8 Å². The molecule has 4 N–H and O–H groups in total. The average Bonchev–Trinajstić information content (AvgIpc) is 3.23. The maximum Gasteiger partial charge on any atom is 0.416 e. The van der Waals surface area contributed by atoms with E-state index in [4.69, 9.17) is 5.84 Å². The number of rotatable bonds is 5. The largest absolute Gasteiger partial charge is 0.416 e. The summed E-state index contributed by atoms with van der Waals surface area (Å²) >= 11 is 0.786. The molecule has 0 fully saturated rings. The van der Waals surface area contributed by atoms with Gasteiger partial charge in [0, 0.05) is 11.4 Å². The van der Waals surface area contributed by atoms with E-state index in [2.05, 4.69) is 20.4 Å². The molecule has 0 unspecified atom stereocenters. The van der Waals surface area contributed by atoms with E-state index in [-0.39, 0.29) is 17.0 Å². The predicted molar refractivity (Wildman–Crippen MR) is 98.3 cm³/mol. The number of nitrogen functional groups attached to an aromatic ring is 1. The Kier molecular flexibility index (Phi) is 5.89. The summed E-state index contributed by atoms with van der Waals surface area (Å²) in [5.74, 6) is 4.79. The molecule has 0 aliphatic heterocycles. The summed E-state index contributed by atoms with van der Waals surface area (Å²) in [6, 6.07) is 2.46. The second-order valence-corrected chi connectivity index (χ2v) is 7.19. The van der Waals surface area contributed by atoms with Gasteiger partial charge in [-0.15, -0.1) is 10.2 Å². The molecule has 0 saturated carbocycles. The van der Waals surface area contributed by atoms with Crippen molar-refractivity contribution in [2.75, 3.05) is 16.9 Å². The normalized spacial score (nSPS) is 12.2. The zero-order valence-electron chi connectivity index (χ0n) is 15.5. The molecular weight excluding hydrogens is 452 g/mol. The van der Waals surface area contributed by atoms with Crippen molar-refractivity contribution in [3.05, 3.63) is 41.1 Å². The number of nitrogens with two attached hydrogens (primary N) is 1. The molecule has 8 nitrogen and oxygen atoms in total. The first-order valence-electron chi connectivity index (χ1n) is 8.29. The van der Waals surface area contributed by atoms with E-state index in [9.17, 15) is 31.1 Å². The number of hydrogen-bond donors (Lipinski definition) is 3. The highest BCUT2D eigenvalue weighted by Gasteiger charge is 2.37. The molecule has 0 radical (unpaired) electrons. The molecule has 0 spiro atoms. The van der Waals surface area contributed by atoms with E-state index in [1.807, 2.05) is 5.32 Å². The minimum absolute atomic E-state index is 0.0282. The van der Waals surface area contributed by atoms with Gasteiger partial charge in [-0.2, -0.15) is 31.4 Å². The number of thioether (sulfide) groups is 1. The highest BCUT2D eigenvalue weighted by molar-refractivity contribution is 7.99. The van der Waals surface area contributed by atoms with E-state index in [1.54, 1.807) is 13.0 Å². The van der Waals surface area contributed by atoms with Crippen LogP contribution in [0.1, 0.15) is 16.8 Å². The third kappa shape index (κ3) is 5.28. The van der Waals surface area contributed by atoms with Crippen molar-refractivity contribution < 1.29 is 31.1 Å². The SMILES string of the molecule is Cc1cc(-c2nnc(SCC(=O)Nc3cc(C(F)(F)F)cc(C(F)(F)F)c3)n2N)n[nH]1. The van der Waals surface area contributed by atoms with Gasteiger partial charge < -0.3 is 11.2 Å². The molecule has 2 aromatic heterocycles. The molecule has 15 heteroatoms. The zero-order chi connectivity index (χ0) is 23.0. The minimum atomic E-state index is -5.02. The van der Waals surface area contributed by atoms with Gasteiger partial charge in [-0.1, -0.05) is 11.8 Å². The Bertz CT molecular complexity index is 1070. The molecule has 3 rings (SSSR count). The number of hydrogen-bond acceptors (Lipinski definition) is 6. The summed E-state index contributed by atoms with van der Waals surface area (Å²) in [4.78, 5) is 12.1. The standard InChI is InChI=1S/C16H13F6N7OS/c1-7-2-11(26-25-7)13-27-28-14(29(13)23)31-6-12(30)24-10-4-8(15(17,18)19)3-9(5-10)16(20,21)22/h2-5H,6,23H2,1H3,(H,24,30)(H,25,26). The van der Waals surface area contributed by atoms with Gasteiger partial charge >= 0.3 is 12.4 Å². The van der Waals surface area contributed by atoms with Crippen LogP contribution in [0.3, 0.4) is 0 Å². The van der Waals surface area contributed by atoms with Crippen molar-refractivity contribution in [2.45, 2.75) is 24.4 Å². The number of benzene rings is 1. The van der Waals surface area contributed by atoms with Crippen LogP contribution in [0.25, 0.3) is 11.5 Å². The first kappa shape index (κ1) is 22.5. The molecule has 0 atom stereocenters. The van der Waals surface area contributed by atoms with Crippen LogP contribution in [0.15, 0.2) is 29.4 Å². The highest BCUT2D eigenvalue weighted by atomic mass is 32.2. The Labute approximate surface area is 174 Å². The molecule has 3 aromatic rings. The van der Waals surface area contributed by atoms with E-state index in [0.717, 1.165) is 22.1 Å². The van der Waals surface area contributed by atoms with Crippen LogP contribution in [0.5, 0.6) is 0 Å². The van der Waals surface area contributed by atoms with Crippen LogP contribution in [0.2, 0.25) is 0 Å². The lowest BCUT2D eigenvalue weighted by molar-refractivity contribution is -0.143.